The van der Waals surface area contributed by atoms with Crippen molar-refractivity contribution in [3.8, 4) is 0 Å². The molecule has 3 aliphatic carbocycles. The van der Waals surface area contributed by atoms with Crippen molar-refractivity contribution in [1.29, 1.82) is 0 Å². The summed E-state index contributed by atoms with van der Waals surface area (Å²) in [5, 5.41) is 0. The monoisotopic (exact) mass is 425 g/mol. The first-order chi connectivity index (χ1) is 12.6. The Morgan fingerprint density at radius 3 is 2.11 bits per heavy atom. The molecule has 4 fully saturated rings. The predicted molar refractivity (Wildman–Crippen MR) is 124 cm³/mol. The van der Waals surface area contributed by atoms with Gasteiger partial charge in [-0.25, -0.2) is 0 Å². The molecule has 0 N–H and O–H groups in total. The van der Waals surface area contributed by atoms with Crippen LogP contribution in [0.4, 0.5) is 0 Å². The van der Waals surface area contributed by atoms with Crippen LogP contribution in [-0.2, 0) is 14.0 Å². The standard InChI is InChI=1S/C21H44BNO3Si2/c1-15(24-5)12-19(23(27(6,7)8)28(9,10)11)22-25-18-14-16-13-17(20(16,2)3)21(18,4)26-22/h15-19H,12-14H2,1-11H3/t15?,16-,17-,18?,19-,21-/m0/s1. The highest BCUT2D eigenvalue weighted by Gasteiger charge is 2.69. The van der Waals surface area contributed by atoms with Gasteiger partial charge in [0.2, 0.25) is 0 Å². The first kappa shape index (κ1) is 23.0. The van der Waals surface area contributed by atoms with Gasteiger partial charge in [-0.1, -0.05) is 53.1 Å². The minimum Gasteiger partial charge on any atom is -0.404 e. The molecule has 6 atom stereocenters. The molecule has 2 bridgehead atoms. The van der Waals surface area contributed by atoms with E-state index < -0.39 is 16.5 Å². The highest BCUT2D eigenvalue weighted by molar-refractivity contribution is 6.90. The molecule has 3 saturated carbocycles. The second-order valence-electron chi connectivity index (χ2n) is 12.4. The van der Waals surface area contributed by atoms with Crippen molar-refractivity contribution < 1.29 is 14.0 Å². The van der Waals surface area contributed by atoms with E-state index in [1.165, 1.54) is 6.42 Å². The molecular formula is C21H44BNO3Si2. The van der Waals surface area contributed by atoms with Crippen LogP contribution in [0.2, 0.25) is 39.3 Å². The molecule has 4 rings (SSSR count). The van der Waals surface area contributed by atoms with Crippen LogP contribution in [-0.4, -0.2) is 58.7 Å². The van der Waals surface area contributed by atoms with Crippen molar-refractivity contribution in [2.24, 2.45) is 17.3 Å². The molecule has 0 aromatic heterocycles. The molecule has 162 valence electrons. The largest absolute Gasteiger partial charge is 0.474 e. The van der Waals surface area contributed by atoms with Crippen LogP contribution in [0.25, 0.3) is 0 Å². The molecule has 2 unspecified atom stereocenters. The fraction of sp³-hybridized carbons (Fsp3) is 1.00. The van der Waals surface area contributed by atoms with Gasteiger partial charge in [0.1, 0.15) is 16.5 Å². The summed E-state index contributed by atoms with van der Waals surface area (Å²) in [6.45, 7) is 24.2. The molecule has 4 nitrogen and oxygen atoms in total. The maximum absolute atomic E-state index is 6.94. The maximum Gasteiger partial charge on any atom is 0.474 e. The molecule has 0 radical (unpaired) electrons. The fourth-order valence-electron chi connectivity index (χ4n) is 6.84. The Kier molecular flexibility index (Phi) is 5.91. The van der Waals surface area contributed by atoms with Gasteiger partial charge in [0.25, 0.3) is 0 Å². The number of ether oxygens (including phenoxy) is 1. The van der Waals surface area contributed by atoms with Crippen LogP contribution in [0.3, 0.4) is 0 Å². The normalized spacial score (nSPS) is 36.9. The van der Waals surface area contributed by atoms with Crippen LogP contribution in [0, 0.1) is 17.3 Å². The number of methoxy groups -OCH3 is 1. The van der Waals surface area contributed by atoms with Gasteiger partial charge in [0.05, 0.1) is 17.8 Å². The van der Waals surface area contributed by atoms with E-state index in [2.05, 4.69) is 71.2 Å². The summed E-state index contributed by atoms with van der Waals surface area (Å²) < 4.78 is 22.3. The highest BCUT2D eigenvalue weighted by atomic mass is 28.4. The van der Waals surface area contributed by atoms with Crippen molar-refractivity contribution in [3.05, 3.63) is 0 Å². The number of nitrogens with zero attached hydrogens (tertiary/aromatic N) is 1. The average molecular weight is 426 g/mol. The topological polar surface area (TPSA) is 30.9 Å². The van der Waals surface area contributed by atoms with Crippen molar-refractivity contribution in [2.45, 2.75) is 110 Å². The van der Waals surface area contributed by atoms with Crippen LogP contribution in [0.15, 0.2) is 0 Å². The van der Waals surface area contributed by atoms with Crippen molar-refractivity contribution >= 4 is 23.6 Å². The lowest BCUT2D eigenvalue weighted by Gasteiger charge is -2.64. The van der Waals surface area contributed by atoms with Crippen LogP contribution < -0.4 is 0 Å². The minimum absolute atomic E-state index is 0.137. The van der Waals surface area contributed by atoms with Gasteiger partial charge in [-0.15, -0.1) is 0 Å². The minimum atomic E-state index is -1.56. The summed E-state index contributed by atoms with van der Waals surface area (Å²) in [5.41, 5.74) is 0.248. The van der Waals surface area contributed by atoms with Crippen LogP contribution in [0.1, 0.15) is 47.0 Å². The summed E-state index contributed by atoms with van der Waals surface area (Å²) >= 11 is 0. The Balaban J connectivity index is 1.92. The maximum atomic E-state index is 6.94. The lowest BCUT2D eigenvalue weighted by Crippen LogP contribution is -2.68. The van der Waals surface area contributed by atoms with E-state index in [1.807, 2.05) is 7.11 Å². The Bertz CT molecular complexity index is 577. The Labute approximate surface area is 176 Å². The lowest BCUT2D eigenvalue weighted by molar-refractivity contribution is -0.199. The zero-order chi connectivity index (χ0) is 21.3. The Morgan fingerprint density at radius 2 is 1.64 bits per heavy atom. The van der Waals surface area contributed by atoms with E-state index in [1.54, 1.807) is 0 Å². The average Bonchev–Trinajstić information content (AvgIpc) is 2.87. The zero-order valence-corrected chi connectivity index (χ0v) is 22.3. The first-order valence-electron chi connectivity index (χ1n) is 11.3. The molecule has 1 heterocycles. The highest BCUT2D eigenvalue weighted by Crippen LogP contribution is 2.66. The van der Waals surface area contributed by atoms with E-state index in [-0.39, 0.29) is 30.9 Å². The summed E-state index contributed by atoms with van der Waals surface area (Å²) in [7, 11) is -1.44. The Hall–Kier alpha value is 0.339. The second kappa shape index (κ2) is 7.20. The molecular weight excluding hydrogens is 381 g/mol. The number of hydrogen-bond acceptors (Lipinski definition) is 4. The fourth-order valence-corrected chi connectivity index (χ4v) is 17.3. The number of hydrogen-bond donors (Lipinski definition) is 0. The molecule has 1 saturated heterocycles. The quantitative estimate of drug-likeness (QED) is 0.536. The molecule has 1 aliphatic heterocycles. The summed E-state index contributed by atoms with van der Waals surface area (Å²) in [4.78, 5) is 0. The van der Waals surface area contributed by atoms with E-state index >= 15 is 0 Å². The van der Waals surface area contributed by atoms with Gasteiger partial charge in [-0.05, 0) is 50.4 Å². The molecule has 4 aliphatic rings. The summed E-state index contributed by atoms with van der Waals surface area (Å²) in [6.07, 6.45) is 3.88. The SMILES string of the molecule is COC(C)C[C@@H](B1OC2C[C@@H]3C[C@@H](C3(C)C)[C@]2(C)O1)N([Si](C)(C)C)[Si](C)(C)C. The Morgan fingerprint density at radius 1 is 1.07 bits per heavy atom. The van der Waals surface area contributed by atoms with Gasteiger partial charge >= 0.3 is 7.12 Å². The van der Waals surface area contributed by atoms with Crippen molar-refractivity contribution in [2.75, 3.05) is 7.11 Å². The third-order valence-electron chi connectivity index (χ3n) is 8.04. The van der Waals surface area contributed by atoms with E-state index in [0.717, 1.165) is 18.8 Å². The van der Waals surface area contributed by atoms with E-state index in [0.29, 0.717) is 11.3 Å². The van der Waals surface area contributed by atoms with Gasteiger partial charge < -0.3 is 18.3 Å². The first-order valence-corrected chi connectivity index (χ1v) is 18.2. The van der Waals surface area contributed by atoms with Gasteiger partial charge in [0.15, 0.2) is 0 Å². The lowest BCUT2D eigenvalue weighted by atomic mass is 9.43. The second-order valence-corrected chi connectivity index (χ2v) is 22.5. The van der Waals surface area contributed by atoms with Crippen molar-refractivity contribution in [3.63, 3.8) is 0 Å². The van der Waals surface area contributed by atoms with E-state index in [9.17, 15) is 0 Å². The predicted octanol–water partition coefficient (Wildman–Crippen LogP) is 5.02. The summed E-state index contributed by atoms with van der Waals surface area (Å²) in [5.74, 6) is 1.68. The van der Waals surface area contributed by atoms with Gasteiger partial charge in [-0.2, -0.15) is 0 Å². The molecule has 0 aromatic rings. The van der Waals surface area contributed by atoms with Crippen LogP contribution in [0.5, 0.6) is 0 Å². The molecule has 0 aromatic carbocycles. The molecule has 7 heteroatoms. The summed E-state index contributed by atoms with van der Waals surface area (Å²) in [6, 6.07) is 0. The van der Waals surface area contributed by atoms with Crippen molar-refractivity contribution in [1.82, 2.24) is 4.23 Å². The molecule has 0 spiro atoms. The smallest absolute Gasteiger partial charge is 0.404 e. The van der Waals surface area contributed by atoms with Crippen LogP contribution >= 0.6 is 0 Å². The van der Waals surface area contributed by atoms with Gasteiger partial charge in [0, 0.05) is 13.1 Å². The molecule has 0 amide bonds. The number of rotatable bonds is 7. The zero-order valence-electron chi connectivity index (χ0n) is 20.3. The van der Waals surface area contributed by atoms with Gasteiger partial charge in [-0.3, -0.25) is 0 Å². The molecule has 28 heavy (non-hydrogen) atoms. The van der Waals surface area contributed by atoms with E-state index in [4.69, 9.17) is 14.0 Å². The third kappa shape index (κ3) is 3.73. The third-order valence-corrected chi connectivity index (χ3v) is 15.6.